The monoisotopic (exact) mass is 516 g/mol. The fraction of sp³-hybridized carbons (Fsp3) is 0.355. The molecule has 0 aromatic heterocycles. The maximum Gasteiger partial charge on any atom is 0.254 e. The number of ether oxygens (including phenoxy) is 3. The van der Waals surface area contributed by atoms with Crippen LogP contribution in [0.25, 0.3) is 0 Å². The van der Waals surface area contributed by atoms with Gasteiger partial charge in [0.2, 0.25) is 11.7 Å². The maximum absolute atomic E-state index is 14.1. The first-order valence-corrected chi connectivity index (χ1v) is 12.9. The average Bonchev–Trinajstić information content (AvgIpc) is 2.93. The fourth-order valence-electron chi connectivity index (χ4n) is 5.18. The molecule has 0 fully saturated rings. The molecule has 2 atom stereocenters. The minimum Gasteiger partial charge on any atom is -0.493 e. The van der Waals surface area contributed by atoms with Crippen LogP contribution >= 0.6 is 0 Å². The second kappa shape index (κ2) is 11.6. The van der Waals surface area contributed by atoms with E-state index in [-0.39, 0.29) is 11.8 Å². The van der Waals surface area contributed by atoms with Gasteiger partial charge in [0.15, 0.2) is 11.5 Å². The molecule has 3 aromatic carbocycles. The van der Waals surface area contributed by atoms with Crippen molar-refractivity contribution in [3.8, 4) is 17.2 Å². The van der Waals surface area contributed by atoms with E-state index in [1.54, 1.807) is 32.3 Å². The molecule has 1 aliphatic rings. The third-order valence-corrected chi connectivity index (χ3v) is 7.06. The molecule has 0 saturated carbocycles. The van der Waals surface area contributed by atoms with Gasteiger partial charge >= 0.3 is 0 Å². The summed E-state index contributed by atoms with van der Waals surface area (Å²) in [6.45, 7) is 6.77. The summed E-state index contributed by atoms with van der Waals surface area (Å²) in [7, 11) is 4.65. The van der Waals surface area contributed by atoms with Gasteiger partial charge in [-0.1, -0.05) is 51.1 Å². The summed E-state index contributed by atoms with van der Waals surface area (Å²) in [6.07, 6.45) is 0.736. The molecule has 2 unspecified atom stereocenters. The molecule has 38 heavy (non-hydrogen) atoms. The Balaban J connectivity index is 1.87. The van der Waals surface area contributed by atoms with Crippen molar-refractivity contribution in [1.82, 2.24) is 4.90 Å². The molecule has 0 bridgehead atoms. The van der Waals surface area contributed by atoms with Crippen LogP contribution in [0.1, 0.15) is 72.1 Å². The summed E-state index contributed by atoms with van der Waals surface area (Å²) < 4.78 is 16.8. The van der Waals surface area contributed by atoms with E-state index in [2.05, 4.69) is 19.2 Å². The lowest BCUT2D eigenvalue weighted by Crippen LogP contribution is -2.46. The number of amides is 2. The van der Waals surface area contributed by atoms with E-state index >= 15 is 0 Å². The third kappa shape index (κ3) is 5.05. The number of rotatable bonds is 9. The molecule has 1 heterocycles. The van der Waals surface area contributed by atoms with Crippen LogP contribution in [-0.4, -0.2) is 44.6 Å². The Morgan fingerprint density at radius 1 is 0.947 bits per heavy atom. The summed E-state index contributed by atoms with van der Waals surface area (Å²) in [5.74, 6) is 0.815. The lowest BCUT2D eigenvalue weighted by Gasteiger charge is -2.42. The number of hydrogen-bond acceptors (Lipinski definition) is 5. The molecule has 1 aliphatic heterocycles. The van der Waals surface area contributed by atoms with Crippen LogP contribution in [0.5, 0.6) is 17.2 Å². The molecule has 3 aromatic rings. The lowest BCUT2D eigenvalue weighted by molar-refractivity contribution is -0.119. The standard InChI is InChI=1S/C31H36N2O5/c1-7-16-33-28(21-17-25(36-4)29(38-6)26(18-21)37-5)27(23-10-8-9-11-24(23)31(33)35)30(34)32-22-14-12-20(13-15-22)19(2)3/h8-15,17-19,27-28H,7,16H2,1-6H3,(H,32,34). The Labute approximate surface area is 224 Å². The Morgan fingerprint density at radius 2 is 1.58 bits per heavy atom. The van der Waals surface area contributed by atoms with Gasteiger partial charge in [0, 0.05) is 17.8 Å². The highest BCUT2D eigenvalue weighted by molar-refractivity contribution is 6.04. The number of methoxy groups -OCH3 is 3. The molecule has 1 N–H and O–H groups in total. The number of nitrogens with zero attached hydrogens (tertiary/aromatic N) is 1. The van der Waals surface area contributed by atoms with Crippen LogP contribution in [0.4, 0.5) is 5.69 Å². The topological polar surface area (TPSA) is 77.1 Å². The van der Waals surface area contributed by atoms with Gasteiger partial charge in [-0.05, 0) is 59.4 Å². The van der Waals surface area contributed by atoms with Gasteiger partial charge in [0.05, 0.1) is 33.3 Å². The number of carbonyl (C=O) groups is 2. The van der Waals surface area contributed by atoms with Crippen LogP contribution < -0.4 is 19.5 Å². The first-order valence-electron chi connectivity index (χ1n) is 12.9. The highest BCUT2D eigenvalue weighted by atomic mass is 16.5. The van der Waals surface area contributed by atoms with E-state index in [0.717, 1.165) is 12.0 Å². The quantitative estimate of drug-likeness (QED) is 0.368. The lowest BCUT2D eigenvalue weighted by atomic mass is 9.78. The number of fused-ring (bicyclic) bond motifs is 1. The number of carbonyl (C=O) groups excluding carboxylic acids is 2. The van der Waals surface area contributed by atoms with E-state index in [4.69, 9.17) is 14.2 Å². The van der Waals surface area contributed by atoms with Crippen molar-refractivity contribution in [1.29, 1.82) is 0 Å². The van der Waals surface area contributed by atoms with E-state index in [1.165, 1.54) is 5.56 Å². The smallest absolute Gasteiger partial charge is 0.254 e. The zero-order valence-electron chi connectivity index (χ0n) is 22.9. The van der Waals surface area contributed by atoms with Crippen molar-refractivity contribution >= 4 is 17.5 Å². The number of anilines is 1. The first-order chi connectivity index (χ1) is 18.3. The highest BCUT2D eigenvalue weighted by Crippen LogP contribution is 2.47. The van der Waals surface area contributed by atoms with Crippen LogP contribution in [0.3, 0.4) is 0 Å². The van der Waals surface area contributed by atoms with Gasteiger partial charge in [-0.25, -0.2) is 0 Å². The molecule has 4 rings (SSSR count). The van der Waals surface area contributed by atoms with Gasteiger partial charge in [-0.2, -0.15) is 0 Å². The van der Waals surface area contributed by atoms with Crippen molar-refractivity contribution in [2.75, 3.05) is 33.2 Å². The minimum absolute atomic E-state index is 0.105. The Morgan fingerprint density at radius 3 is 2.13 bits per heavy atom. The van der Waals surface area contributed by atoms with Crippen molar-refractivity contribution < 1.29 is 23.8 Å². The number of benzene rings is 3. The number of nitrogens with one attached hydrogen (secondary N) is 1. The van der Waals surface area contributed by atoms with Gasteiger partial charge in [0.25, 0.3) is 5.91 Å². The number of hydrogen-bond donors (Lipinski definition) is 1. The van der Waals surface area contributed by atoms with E-state index in [9.17, 15) is 9.59 Å². The van der Waals surface area contributed by atoms with Gasteiger partial charge in [0.1, 0.15) is 0 Å². The largest absolute Gasteiger partial charge is 0.493 e. The zero-order valence-corrected chi connectivity index (χ0v) is 22.9. The van der Waals surface area contributed by atoms with Gasteiger partial charge in [-0.15, -0.1) is 0 Å². The summed E-state index contributed by atoms with van der Waals surface area (Å²) in [5, 5.41) is 3.11. The second-order valence-corrected chi connectivity index (χ2v) is 9.73. The van der Waals surface area contributed by atoms with Crippen molar-refractivity contribution in [3.63, 3.8) is 0 Å². The minimum atomic E-state index is -0.664. The Kier molecular flexibility index (Phi) is 8.25. The predicted octanol–water partition coefficient (Wildman–Crippen LogP) is 6.17. The molecule has 0 saturated heterocycles. The molecule has 7 nitrogen and oxygen atoms in total. The Bertz CT molecular complexity index is 1280. The van der Waals surface area contributed by atoms with Gasteiger partial charge < -0.3 is 24.4 Å². The molecule has 0 radical (unpaired) electrons. The average molecular weight is 517 g/mol. The SMILES string of the molecule is CCCN1C(=O)c2ccccc2C(C(=O)Nc2ccc(C(C)C)cc2)C1c1cc(OC)c(OC)c(OC)c1. The first kappa shape index (κ1) is 27.0. The van der Waals surface area contributed by atoms with E-state index in [1.807, 2.05) is 61.5 Å². The molecule has 7 heteroatoms. The summed E-state index contributed by atoms with van der Waals surface area (Å²) in [6, 6.07) is 18.3. The molecule has 2 amide bonds. The maximum atomic E-state index is 14.1. The normalized spacial score (nSPS) is 16.7. The van der Waals surface area contributed by atoms with Crippen molar-refractivity contribution in [2.45, 2.75) is 45.1 Å². The molecular weight excluding hydrogens is 480 g/mol. The van der Waals surface area contributed by atoms with Crippen molar-refractivity contribution in [2.24, 2.45) is 0 Å². The third-order valence-electron chi connectivity index (χ3n) is 7.06. The predicted molar refractivity (Wildman–Crippen MR) is 149 cm³/mol. The highest BCUT2D eigenvalue weighted by Gasteiger charge is 2.44. The second-order valence-electron chi connectivity index (χ2n) is 9.73. The molecule has 0 aliphatic carbocycles. The van der Waals surface area contributed by atoms with Crippen LogP contribution in [0.2, 0.25) is 0 Å². The zero-order chi connectivity index (χ0) is 27.4. The Hall–Kier alpha value is -4.00. The van der Waals surface area contributed by atoms with Crippen molar-refractivity contribution in [3.05, 3.63) is 82.9 Å². The van der Waals surface area contributed by atoms with Gasteiger partial charge in [-0.3, -0.25) is 9.59 Å². The molecular formula is C31H36N2O5. The summed E-state index contributed by atoms with van der Waals surface area (Å²) in [4.78, 5) is 29.6. The molecule has 0 spiro atoms. The fourth-order valence-corrected chi connectivity index (χ4v) is 5.18. The van der Waals surface area contributed by atoms with E-state index in [0.29, 0.717) is 46.5 Å². The summed E-state index contributed by atoms with van der Waals surface area (Å²) >= 11 is 0. The molecule has 200 valence electrons. The van der Waals surface area contributed by atoms with E-state index < -0.39 is 12.0 Å². The van der Waals surface area contributed by atoms with Crippen LogP contribution in [0, 0.1) is 0 Å². The van der Waals surface area contributed by atoms with Crippen LogP contribution in [-0.2, 0) is 4.79 Å². The van der Waals surface area contributed by atoms with Crippen LogP contribution in [0.15, 0.2) is 60.7 Å². The summed E-state index contributed by atoms with van der Waals surface area (Å²) in [5.41, 5.74) is 3.87.